The van der Waals surface area contributed by atoms with Gasteiger partial charge < -0.3 is 15.1 Å². The van der Waals surface area contributed by atoms with E-state index in [1.165, 1.54) is 19.0 Å². The zero-order valence-corrected chi connectivity index (χ0v) is 17.1. The Morgan fingerprint density at radius 1 is 1.21 bits per heavy atom. The zero-order chi connectivity index (χ0) is 20.9. The molecule has 0 fully saturated rings. The Labute approximate surface area is 170 Å². The van der Waals surface area contributed by atoms with Gasteiger partial charge in [-0.25, -0.2) is 17.2 Å². The van der Waals surface area contributed by atoms with Crippen LogP contribution in [0.2, 0.25) is 0 Å². The van der Waals surface area contributed by atoms with E-state index < -0.39 is 27.6 Å². The number of fused-ring (bicyclic) bond motifs is 3. The van der Waals surface area contributed by atoms with Gasteiger partial charge in [0.2, 0.25) is 0 Å². The number of hydrogen-bond donors (Lipinski definition) is 1. The van der Waals surface area contributed by atoms with Gasteiger partial charge in [-0.1, -0.05) is 0 Å². The molecular formula is C18H16F2N4O3S2. The van der Waals surface area contributed by atoms with Gasteiger partial charge in [-0.15, -0.1) is 4.40 Å². The molecule has 0 bridgehead atoms. The van der Waals surface area contributed by atoms with Crippen molar-refractivity contribution in [1.82, 2.24) is 0 Å². The number of thioether (sulfide) groups is 1. The lowest BCUT2D eigenvalue weighted by molar-refractivity contribution is 0.102. The number of benzene rings is 2. The first kappa shape index (κ1) is 19.6. The maximum Gasteiger partial charge on any atom is 0.257 e. The summed E-state index contributed by atoms with van der Waals surface area (Å²) in [7, 11) is -0.430. The van der Waals surface area contributed by atoms with E-state index in [0.717, 1.165) is 29.6 Å². The number of amides is 1. The second-order valence-electron chi connectivity index (χ2n) is 6.73. The molecule has 1 N–H and O–H groups in total. The van der Waals surface area contributed by atoms with Gasteiger partial charge in [0.1, 0.15) is 5.69 Å². The summed E-state index contributed by atoms with van der Waals surface area (Å²) in [4.78, 5) is 16.3. The molecule has 0 saturated heterocycles. The highest BCUT2D eigenvalue weighted by molar-refractivity contribution is 8.15. The lowest BCUT2D eigenvalue weighted by Gasteiger charge is -2.22. The topological polar surface area (TPSA) is 82.1 Å². The van der Waals surface area contributed by atoms with Crippen molar-refractivity contribution >= 4 is 49.9 Å². The Hall–Kier alpha value is -2.66. The van der Waals surface area contributed by atoms with Gasteiger partial charge in [0.05, 0.1) is 11.4 Å². The molecule has 0 radical (unpaired) electrons. The summed E-state index contributed by atoms with van der Waals surface area (Å²) in [5.41, 5.74) is 0.852. The molecule has 152 valence electrons. The number of amidine groups is 1. The van der Waals surface area contributed by atoms with Crippen LogP contribution in [0.3, 0.4) is 0 Å². The molecule has 2 aromatic carbocycles. The summed E-state index contributed by atoms with van der Waals surface area (Å²) in [6.07, 6.45) is 0. The second-order valence-corrected chi connectivity index (χ2v) is 9.50. The minimum absolute atomic E-state index is 0.00311. The molecule has 0 atom stereocenters. The minimum Gasteiger partial charge on any atom is -0.373 e. The van der Waals surface area contributed by atoms with E-state index in [1.807, 2.05) is 0 Å². The molecule has 2 heterocycles. The largest absolute Gasteiger partial charge is 0.373 e. The smallest absolute Gasteiger partial charge is 0.257 e. The van der Waals surface area contributed by atoms with Crippen molar-refractivity contribution in [3.05, 3.63) is 47.5 Å². The third kappa shape index (κ3) is 3.67. The van der Waals surface area contributed by atoms with E-state index in [4.69, 9.17) is 0 Å². The zero-order valence-electron chi connectivity index (χ0n) is 15.4. The summed E-state index contributed by atoms with van der Waals surface area (Å²) in [6, 6.07) is 6.98. The Balaban J connectivity index is 1.58. The average molecular weight is 438 g/mol. The lowest BCUT2D eigenvalue weighted by Crippen LogP contribution is -2.35. The van der Waals surface area contributed by atoms with Gasteiger partial charge in [0.15, 0.2) is 16.8 Å². The Bertz CT molecular complexity index is 1140. The first-order valence-electron chi connectivity index (χ1n) is 8.54. The van der Waals surface area contributed by atoms with Crippen LogP contribution >= 0.6 is 11.8 Å². The molecule has 0 aliphatic carbocycles. The summed E-state index contributed by atoms with van der Waals surface area (Å²) in [6.45, 7) is 0.295. The fraction of sp³-hybridized carbons (Fsp3) is 0.222. The van der Waals surface area contributed by atoms with Crippen molar-refractivity contribution in [3.63, 3.8) is 0 Å². The van der Waals surface area contributed by atoms with Crippen LogP contribution in [-0.2, 0) is 10.0 Å². The predicted molar refractivity (Wildman–Crippen MR) is 110 cm³/mol. The van der Waals surface area contributed by atoms with Crippen LogP contribution in [0.25, 0.3) is 0 Å². The first-order chi connectivity index (χ1) is 13.6. The molecule has 2 aliphatic heterocycles. The molecular weight excluding hydrogens is 422 g/mol. The van der Waals surface area contributed by atoms with Crippen LogP contribution < -0.4 is 15.1 Å². The van der Waals surface area contributed by atoms with E-state index in [2.05, 4.69) is 9.71 Å². The Kier molecular flexibility index (Phi) is 4.74. The summed E-state index contributed by atoms with van der Waals surface area (Å²) < 4.78 is 55.4. The quantitative estimate of drug-likeness (QED) is 0.794. The van der Waals surface area contributed by atoms with Gasteiger partial charge in [0, 0.05) is 36.8 Å². The number of carbonyl (C=O) groups excluding carboxylic acids is 1. The van der Waals surface area contributed by atoms with Gasteiger partial charge >= 0.3 is 0 Å². The number of rotatable bonds is 3. The normalized spacial score (nSPS) is 16.7. The third-order valence-corrected chi connectivity index (χ3v) is 6.76. The van der Waals surface area contributed by atoms with Crippen LogP contribution in [0, 0.1) is 11.6 Å². The van der Waals surface area contributed by atoms with E-state index in [9.17, 15) is 22.0 Å². The molecule has 2 aromatic rings. The minimum atomic E-state index is -3.47. The lowest BCUT2D eigenvalue weighted by atomic mass is 10.1. The highest BCUT2D eigenvalue weighted by atomic mass is 32.2. The number of nitrogens with zero attached hydrogens (tertiary/aromatic N) is 3. The molecule has 7 nitrogen and oxygen atoms in total. The standard InChI is InChI=1S/C18H16F2N4O3S2/c1-23(2)16-12(19)8-11(9-13(16)20)21-17(25)10-3-4-14-15(7-10)28-18-22-29(26,27)6-5-24(14)18/h3-4,7-9H,5-6H2,1-2H3,(H,21,25). The molecule has 2 aliphatic rings. The summed E-state index contributed by atoms with van der Waals surface area (Å²) in [5, 5.41) is 2.84. The molecule has 0 saturated carbocycles. The summed E-state index contributed by atoms with van der Waals surface area (Å²) >= 11 is 1.16. The molecule has 0 spiro atoms. The van der Waals surface area contributed by atoms with Gasteiger partial charge in [-0.2, -0.15) is 0 Å². The van der Waals surface area contributed by atoms with Gasteiger partial charge in [0.25, 0.3) is 15.9 Å². The van der Waals surface area contributed by atoms with E-state index in [-0.39, 0.29) is 22.7 Å². The fourth-order valence-electron chi connectivity index (χ4n) is 3.14. The van der Waals surface area contributed by atoms with Crippen molar-refractivity contribution in [2.45, 2.75) is 4.90 Å². The number of hydrogen-bond acceptors (Lipinski definition) is 6. The van der Waals surface area contributed by atoms with Crippen molar-refractivity contribution in [2.75, 3.05) is 41.5 Å². The average Bonchev–Trinajstić information content (AvgIpc) is 2.95. The van der Waals surface area contributed by atoms with Crippen LogP contribution in [-0.4, -0.2) is 45.9 Å². The number of anilines is 3. The van der Waals surface area contributed by atoms with Crippen LogP contribution in [0.1, 0.15) is 10.4 Å². The first-order valence-corrected chi connectivity index (χ1v) is 11.0. The fourth-order valence-corrected chi connectivity index (χ4v) is 5.44. The SMILES string of the molecule is CN(C)c1c(F)cc(NC(=O)c2ccc3c(c2)SC2=NS(=O)(=O)CCN23)cc1F. The molecule has 1 amide bonds. The highest BCUT2D eigenvalue weighted by Crippen LogP contribution is 2.42. The van der Waals surface area contributed by atoms with Crippen molar-refractivity contribution in [1.29, 1.82) is 0 Å². The second kappa shape index (κ2) is 6.99. The molecule has 0 aromatic heterocycles. The Morgan fingerprint density at radius 2 is 1.90 bits per heavy atom. The molecule has 29 heavy (non-hydrogen) atoms. The Morgan fingerprint density at radius 3 is 2.55 bits per heavy atom. The van der Waals surface area contributed by atoms with Crippen molar-refractivity contribution < 1.29 is 22.0 Å². The van der Waals surface area contributed by atoms with Crippen LogP contribution in [0.4, 0.5) is 25.8 Å². The van der Waals surface area contributed by atoms with Crippen molar-refractivity contribution in [2.24, 2.45) is 4.40 Å². The number of sulfonamides is 1. The molecule has 4 rings (SSSR count). The molecule has 11 heteroatoms. The highest BCUT2D eigenvalue weighted by Gasteiger charge is 2.33. The molecule has 0 unspecified atom stereocenters. The number of nitrogens with one attached hydrogen (secondary N) is 1. The third-order valence-electron chi connectivity index (χ3n) is 4.46. The monoisotopic (exact) mass is 438 g/mol. The van der Waals surface area contributed by atoms with Crippen LogP contribution in [0.5, 0.6) is 0 Å². The maximum atomic E-state index is 14.1. The van der Waals surface area contributed by atoms with Crippen LogP contribution in [0.15, 0.2) is 39.6 Å². The number of carbonyl (C=O) groups is 1. The predicted octanol–water partition coefficient (Wildman–Crippen LogP) is 2.89. The van der Waals surface area contributed by atoms with Gasteiger partial charge in [-0.05, 0) is 42.1 Å². The maximum absolute atomic E-state index is 14.1. The van der Waals surface area contributed by atoms with E-state index in [1.54, 1.807) is 23.1 Å². The number of halogens is 2. The summed E-state index contributed by atoms with van der Waals surface area (Å²) in [5.74, 6) is -2.18. The van der Waals surface area contributed by atoms with Crippen molar-refractivity contribution in [3.8, 4) is 0 Å². The van der Waals surface area contributed by atoms with E-state index >= 15 is 0 Å². The van der Waals surface area contributed by atoms with E-state index in [0.29, 0.717) is 16.6 Å². The van der Waals surface area contributed by atoms with Gasteiger partial charge in [-0.3, -0.25) is 4.79 Å².